The fourth-order valence-electron chi connectivity index (χ4n) is 1.94. The van der Waals surface area contributed by atoms with Gasteiger partial charge in [0.05, 0.1) is 0 Å². The lowest BCUT2D eigenvalue weighted by Gasteiger charge is -2.14. The third-order valence-corrected chi connectivity index (χ3v) is 4.10. The van der Waals surface area contributed by atoms with Crippen LogP contribution in [0.4, 0.5) is 0 Å². The first-order valence-electron chi connectivity index (χ1n) is 6.12. The van der Waals surface area contributed by atoms with Gasteiger partial charge in [0.2, 0.25) is 0 Å². The van der Waals surface area contributed by atoms with E-state index in [2.05, 4.69) is 48.6 Å². The van der Waals surface area contributed by atoms with Crippen LogP contribution in [-0.2, 0) is 0 Å². The van der Waals surface area contributed by atoms with Crippen molar-refractivity contribution in [3.63, 3.8) is 0 Å². The number of aliphatic hydroxyl groups is 1. The summed E-state index contributed by atoms with van der Waals surface area (Å²) in [6, 6.07) is 16.2. The molecule has 1 N–H and O–H groups in total. The quantitative estimate of drug-likeness (QED) is 0.807. The summed E-state index contributed by atoms with van der Waals surface area (Å²) in [5, 5.41) is 10.4. The average Bonchev–Trinajstić information content (AvgIpc) is 2.38. The average molecular weight is 352 g/mol. The summed E-state index contributed by atoms with van der Waals surface area (Å²) < 4.78 is 1.09. The van der Waals surface area contributed by atoms with Crippen molar-refractivity contribution in [3.8, 4) is 0 Å². The van der Waals surface area contributed by atoms with Gasteiger partial charge in [0.1, 0.15) is 6.10 Å². The molecule has 1 nitrogen and oxygen atoms in total. The zero-order valence-electron chi connectivity index (χ0n) is 10.6. The van der Waals surface area contributed by atoms with E-state index in [-0.39, 0.29) is 0 Å². The smallest absolute Gasteiger partial charge is 0.105 e. The Morgan fingerprint density at radius 1 is 0.889 bits per heavy atom. The molecule has 94 valence electrons. The minimum absolute atomic E-state index is 0.521. The summed E-state index contributed by atoms with van der Waals surface area (Å²) in [5.41, 5.74) is 3.22. The zero-order valence-corrected chi connectivity index (χ0v) is 12.8. The second-order valence-corrected chi connectivity index (χ2v) is 5.91. The number of rotatable bonds is 3. The first-order valence-corrected chi connectivity index (χ1v) is 7.20. The minimum atomic E-state index is -0.542. The van der Waals surface area contributed by atoms with Crippen LogP contribution in [0.25, 0.3) is 0 Å². The molecular formula is C16H17IO. The van der Waals surface area contributed by atoms with Crippen LogP contribution in [0.5, 0.6) is 0 Å². The Labute approximate surface area is 122 Å². The van der Waals surface area contributed by atoms with Crippen LogP contribution in [-0.4, -0.2) is 5.11 Å². The van der Waals surface area contributed by atoms with E-state index >= 15 is 0 Å². The van der Waals surface area contributed by atoms with Crippen LogP contribution < -0.4 is 0 Å². The maximum atomic E-state index is 10.4. The Morgan fingerprint density at radius 2 is 1.44 bits per heavy atom. The van der Waals surface area contributed by atoms with Crippen molar-refractivity contribution >= 4 is 22.6 Å². The van der Waals surface area contributed by atoms with Crippen LogP contribution in [0.3, 0.4) is 0 Å². The minimum Gasteiger partial charge on any atom is -0.384 e. The Hall–Kier alpha value is -0.870. The van der Waals surface area contributed by atoms with Crippen molar-refractivity contribution in [2.75, 3.05) is 0 Å². The van der Waals surface area contributed by atoms with Gasteiger partial charge in [-0.05, 0) is 51.3 Å². The van der Waals surface area contributed by atoms with Crippen LogP contribution >= 0.6 is 22.6 Å². The molecule has 1 atom stereocenters. The molecule has 1 unspecified atom stereocenters. The molecule has 0 fully saturated rings. The van der Waals surface area contributed by atoms with Crippen molar-refractivity contribution in [1.82, 2.24) is 0 Å². The Kier molecular flexibility index (Phi) is 4.40. The van der Waals surface area contributed by atoms with E-state index in [0.29, 0.717) is 5.92 Å². The van der Waals surface area contributed by atoms with E-state index in [4.69, 9.17) is 0 Å². The molecule has 18 heavy (non-hydrogen) atoms. The normalized spacial score (nSPS) is 12.7. The molecule has 2 aromatic rings. The highest BCUT2D eigenvalue weighted by atomic mass is 127. The lowest BCUT2D eigenvalue weighted by Crippen LogP contribution is -2.02. The SMILES string of the molecule is CC(C)c1ccc(C(O)c2ccccc2I)cc1. The zero-order chi connectivity index (χ0) is 13.1. The largest absolute Gasteiger partial charge is 0.384 e. The van der Waals surface area contributed by atoms with Crippen molar-refractivity contribution < 1.29 is 5.11 Å². The molecule has 0 saturated carbocycles. The molecule has 0 amide bonds. The monoisotopic (exact) mass is 352 g/mol. The molecule has 0 aliphatic carbocycles. The maximum absolute atomic E-state index is 10.4. The number of aliphatic hydroxyl groups excluding tert-OH is 1. The van der Waals surface area contributed by atoms with Crippen LogP contribution in [0.1, 0.15) is 42.6 Å². The molecule has 0 spiro atoms. The molecular weight excluding hydrogens is 335 g/mol. The van der Waals surface area contributed by atoms with Gasteiger partial charge < -0.3 is 5.11 Å². The number of hydrogen-bond acceptors (Lipinski definition) is 1. The van der Waals surface area contributed by atoms with E-state index in [0.717, 1.165) is 14.7 Å². The van der Waals surface area contributed by atoms with Gasteiger partial charge in [0.15, 0.2) is 0 Å². The molecule has 0 aliphatic heterocycles. The number of hydrogen-bond donors (Lipinski definition) is 1. The first kappa shape index (κ1) is 13.6. The van der Waals surface area contributed by atoms with Gasteiger partial charge in [-0.1, -0.05) is 56.3 Å². The van der Waals surface area contributed by atoms with E-state index in [1.165, 1.54) is 5.56 Å². The van der Waals surface area contributed by atoms with E-state index < -0.39 is 6.10 Å². The summed E-state index contributed by atoms with van der Waals surface area (Å²) >= 11 is 2.26. The predicted molar refractivity (Wildman–Crippen MR) is 83.8 cm³/mol. The molecule has 0 heterocycles. The van der Waals surface area contributed by atoms with E-state index in [1.807, 2.05) is 36.4 Å². The Morgan fingerprint density at radius 3 is 2.00 bits per heavy atom. The predicted octanol–water partition coefficient (Wildman–Crippen LogP) is 4.50. The third kappa shape index (κ3) is 2.93. The summed E-state index contributed by atoms with van der Waals surface area (Å²) in [4.78, 5) is 0. The highest BCUT2D eigenvalue weighted by Gasteiger charge is 2.13. The summed E-state index contributed by atoms with van der Waals surface area (Å²) in [7, 11) is 0. The molecule has 0 aliphatic rings. The fourth-order valence-corrected chi connectivity index (χ4v) is 2.62. The summed E-state index contributed by atoms with van der Waals surface area (Å²) in [6.07, 6.45) is -0.542. The van der Waals surface area contributed by atoms with Crippen molar-refractivity contribution in [3.05, 3.63) is 68.8 Å². The van der Waals surface area contributed by atoms with Gasteiger partial charge in [0.25, 0.3) is 0 Å². The molecule has 0 aromatic heterocycles. The molecule has 2 rings (SSSR count). The third-order valence-electron chi connectivity index (χ3n) is 3.12. The van der Waals surface area contributed by atoms with E-state index in [9.17, 15) is 5.11 Å². The molecule has 0 bridgehead atoms. The standard InChI is InChI=1S/C16H17IO/c1-11(2)12-7-9-13(10-8-12)16(18)14-5-3-4-6-15(14)17/h3-11,16,18H,1-2H3. The summed E-state index contributed by atoms with van der Waals surface area (Å²) in [5.74, 6) is 0.521. The van der Waals surface area contributed by atoms with Crippen LogP contribution in [0.15, 0.2) is 48.5 Å². The highest BCUT2D eigenvalue weighted by molar-refractivity contribution is 14.1. The molecule has 0 radical (unpaired) electrons. The molecule has 2 aromatic carbocycles. The molecule has 0 saturated heterocycles. The second-order valence-electron chi connectivity index (χ2n) is 4.75. The topological polar surface area (TPSA) is 20.2 Å². The first-order chi connectivity index (χ1) is 8.59. The van der Waals surface area contributed by atoms with Gasteiger partial charge in [-0.2, -0.15) is 0 Å². The number of benzene rings is 2. The van der Waals surface area contributed by atoms with Crippen molar-refractivity contribution in [1.29, 1.82) is 0 Å². The van der Waals surface area contributed by atoms with Gasteiger partial charge in [0, 0.05) is 3.57 Å². The lowest BCUT2D eigenvalue weighted by molar-refractivity contribution is 0.219. The fraction of sp³-hybridized carbons (Fsp3) is 0.250. The highest BCUT2D eigenvalue weighted by Crippen LogP contribution is 2.27. The van der Waals surface area contributed by atoms with Gasteiger partial charge in [-0.25, -0.2) is 0 Å². The van der Waals surface area contributed by atoms with Crippen molar-refractivity contribution in [2.45, 2.75) is 25.9 Å². The van der Waals surface area contributed by atoms with Gasteiger partial charge in [-0.15, -0.1) is 0 Å². The Bertz CT molecular complexity index is 517. The van der Waals surface area contributed by atoms with Crippen LogP contribution in [0.2, 0.25) is 0 Å². The second kappa shape index (κ2) is 5.85. The Balaban J connectivity index is 2.29. The number of halogens is 1. The summed E-state index contributed by atoms with van der Waals surface area (Å²) in [6.45, 7) is 4.34. The lowest BCUT2D eigenvalue weighted by atomic mass is 9.97. The van der Waals surface area contributed by atoms with E-state index in [1.54, 1.807) is 0 Å². The van der Waals surface area contributed by atoms with Gasteiger partial charge in [-0.3, -0.25) is 0 Å². The van der Waals surface area contributed by atoms with Gasteiger partial charge >= 0.3 is 0 Å². The maximum Gasteiger partial charge on any atom is 0.105 e. The van der Waals surface area contributed by atoms with Crippen LogP contribution in [0, 0.1) is 3.57 Å². The molecule has 2 heteroatoms. The van der Waals surface area contributed by atoms with Crippen molar-refractivity contribution in [2.24, 2.45) is 0 Å².